The first-order chi connectivity index (χ1) is 7.67. The molecule has 2 amide bonds. The van der Waals surface area contributed by atoms with Crippen LogP contribution in [0.4, 0.5) is 4.79 Å². The van der Waals surface area contributed by atoms with E-state index in [-0.39, 0.29) is 11.5 Å². The number of carbonyl (C=O) groups excluding carboxylic acids is 2. The lowest BCUT2D eigenvalue weighted by Crippen LogP contribution is -2.40. The van der Waals surface area contributed by atoms with E-state index in [9.17, 15) is 9.59 Å². The monoisotopic (exact) mass is 225 g/mol. The van der Waals surface area contributed by atoms with Crippen molar-refractivity contribution in [3.63, 3.8) is 0 Å². The van der Waals surface area contributed by atoms with E-state index < -0.39 is 6.09 Å². The number of imide groups is 1. The molecule has 90 valence electrons. The Labute approximate surface area is 95.9 Å². The van der Waals surface area contributed by atoms with Crippen LogP contribution >= 0.6 is 0 Å². The van der Waals surface area contributed by atoms with Gasteiger partial charge in [-0.05, 0) is 38.5 Å². The normalized spacial score (nSPS) is 23.8. The predicted molar refractivity (Wildman–Crippen MR) is 58.9 cm³/mol. The Hall–Kier alpha value is -1.06. The molecule has 0 unspecified atom stereocenters. The Bertz CT molecular complexity index is 295. The van der Waals surface area contributed by atoms with Crippen LogP contribution in [0.5, 0.6) is 0 Å². The first kappa shape index (κ1) is 11.4. The molecule has 2 rings (SSSR count). The highest BCUT2D eigenvalue weighted by atomic mass is 16.6. The van der Waals surface area contributed by atoms with Gasteiger partial charge < -0.3 is 4.74 Å². The molecule has 0 radical (unpaired) electrons. The van der Waals surface area contributed by atoms with Crippen molar-refractivity contribution in [1.82, 2.24) is 4.90 Å². The smallest absolute Gasteiger partial charge is 0.417 e. The minimum absolute atomic E-state index is 0.0887. The Morgan fingerprint density at radius 2 is 2.06 bits per heavy atom. The van der Waals surface area contributed by atoms with E-state index in [1.165, 1.54) is 4.90 Å². The Kier molecular flexibility index (Phi) is 3.17. The van der Waals surface area contributed by atoms with Gasteiger partial charge >= 0.3 is 6.09 Å². The number of ether oxygens (including phenoxy) is 1. The number of likely N-dealkylation sites (tertiary alicyclic amines) is 1. The molecule has 1 saturated carbocycles. The maximum Gasteiger partial charge on any atom is 0.417 e. The van der Waals surface area contributed by atoms with Crippen LogP contribution in [-0.4, -0.2) is 29.0 Å². The lowest BCUT2D eigenvalue weighted by molar-refractivity contribution is -0.127. The highest BCUT2D eigenvalue weighted by Crippen LogP contribution is 2.36. The van der Waals surface area contributed by atoms with Crippen LogP contribution < -0.4 is 0 Å². The van der Waals surface area contributed by atoms with Crippen LogP contribution in [0.2, 0.25) is 0 Å². The van der Waals surface area contributed by atoms with E-state index in [0.717, 1.165) is 38.5 Å². The lowest BCUT2D eigenvalue weighted by atomic mass is 9.99. The van der Waals surface area contributed by atoms with Crippen molar-refractivity contribution in [1.29, 1.82) is 0 Å². The zero-order chi connectivity index (χ0) is 11.6. The zero-order valence-electron chi connectivity index (χ0n) is 9.83. The second-order valence-electron chi connectivity index (χ2n) is 4.76. The van der Waals surface area contributed by atoms with E-state index in [1.807, 2.05) is 6.92 Å². The molecule has 4 heteroatoms. The summed E-state index contributed by atoms with van der Waals surface area (Å²) in [6.45, 7) is 2.57. The minimum Gasteiger partial charge on any atom is -0.443 e. The number of amides is 2. The molecule has 1 aliphatic heterocycles. The minimum atomic E-state index is -0.425. The quantitative estimate of drug-likeness (QED) is 0.725. The number of carbonyl (C=O) groups is 2. The highest BCUT2D eigenvalue weighted by Gasteiger charge is 2.39. The van der Waals surface area contributed by atoms with Gasteiger partial charge in [0.05, 0.1) is 0 Å². The Morgan fingerprint density at radius 3 is 2.56 bits per heavy atom. The van der Waals surface area contributed by atoms with Gasteiger partial charge in [-0.15, -0.1) is 0 Å². The highest BCUT2D eigenvalue weighted by molar-refractivity contribution is 5.93. The molecular formula is C12H19NO3. The first-order valence-corrected chi connectivity index (χ1v) is 6.20. The van der Waals surface area contributed by atoms with E-state index >= 15 is 0 Å². The van der Waals surface area contributed by atoms with Gasteiger partial charge in [0.1, 0.15) is 5.60 Å². The van der Waals surface area contributed by atoms with Crippen LogP contribution in [0.3, 0.4) is 0 Å². The third-order valence-corrected chi connectivity index (χ3v) is 3.76. The van der Waals surface area contributed by atoms with Gasteiger partial charge in [-0.1, -0.05) is 6.92 Å². The average Bonchev–Trinajstić information content (AvgIpc) is 2.87. The summed E-state index contributed by atoms with van der Waals surface area (Å²) < 4.78 is 5.57. The summed E-state index contributed by atoms with van der Waals surface area (Å²) in [5, 5.41) is 0. The molecule has 0 aromatic rings. The molecule has 0 aromatic heterocycles. The zero-order valence-corrected chi connectivity index (χ0v) is 9.83. The van der Waals surface area contributed by atoms with Crippen molar-refractivity contribution < 1.29 is 14.3 Å². The topological polar surface area (TPSA) is 46.6 Å². The molecule has 0 N–H and O–H groups in total. The van der Waals surface area contributed by atoms with Gasteiger partial charge in [0.2, 0.25) is 5.91 Å². The fourth-order valence-electron chi connectivity index (χ4n) is 2.63. The standard InChI is InChI=1S/C12H19NO3/c1-2-12(7-3-4-8-12)16-11(15)13-9-5-6-10(13)14/h2-9H2,1H3. The van der Waals surface area contributed by atoms with Crippen molar-refractivity contribution in [3.8, 4) is 0 Å². The van der Waals surface area contributed by atoms with Gasteiger partial charge in [0.25, 0.3) is 0 Å². The molecule has 16 heavy (non-hydrogen) atoms. The molecule has 1 aliphatic carbocycles. The molecule has 0 aromatic carbocycles. The fourth-order valence-corrected chi connectivity index (χ4v) is 2.63. The summed E-state index contributed by atoms with van der Waals surface area (Å²) in [7, 11) is 0. The second kappa shape index (κ2) is 4.44. The van der Waals surface area contributed by atoms with Crippen molar-refractivity contribution in [3.05, 3.63) is 0 Å². The third-order valence-electron chi connectivity index (χ3n) is 3.76. The molecule has 0 bridgehead atoms. The summed E-state index contributed by atoms with van der Waals surface area (Å²) in [6.07, 6.45) is 5.80. The van der Waals surface area contributed by atoms with E-state index in [2.05, 4.69) is 0 Å². The summed E-state index contributed by atoms with van der Waals surface area (Å²) in [5.74, 6) is -0.0887. The van der Waals surface area contributed by atoms with Crippen LogP contribution in [0.15, 0.2) is 0 Å². The van der Waals surface area contributed by atoms with Gasteiger partial charge in [0.15, 0.2) is 0 Å². The first-order valence-electron chi connectivity index (χ1n) is 6.20. The van der Waals surface area contributed by atoms with Gasteiger partial charge in [-0.25, -0.2) is 9.69 Å². The van der Waals surface area contributed by atoms with E-state index in [1.54, 1.807) is 0 Å². The lowest BCUT2D eigenvalue weighted by Gasteiger charge is -2.29. The largest absolute Gasteiger partial charge is 0.443 e. The molecule has 1 heterocycles. The van der Waals surface area contributed by atoms with Crippen molar-refractivity contribution >= 4 is 12.0 Å². The number of rotatable bonds is 2. The van der Waals surface area contributed by atoms with Gasteiger partial charge in [-0.2, -0.15) is 0 Å². The van der Waals surface area contributed by atoms with Crippen molar-refractivity contribution in [2.75, 3.05) is 6.54 Å². The van der Waals surface area contributed by atoms with E-state index in [0.29, 0.717) is 13.0 Å². The average molecular weight is 225 g/mol. The maximum atomic E-state index is 11.9. The second-order valence-corrected chi connectivity index (χ2v) is 4.76. The van der Waals surface area contributed by atoms with Gasteiger partial charge in [0, 0.05) is 13.0 Å². The fraction of sp³-hybridized carbons (Fsp3) is 0.833. The Morgan fingerprint density at radius 1 is 1.38 bits per heavy atom. The van der Waals surface area contributed by atoms with Crippen LogP contribution in [0.1, 0.15) is 51.9 Å². The Balaban J connectivity index is 1.97. The molecule has 4 nitrogen and oxygen atoms in total. The number of hydrogen-bond donors (Lipinski definition) is 0. The summed E-state index contributed by atoms with van der Waals surface area (Å²) in [6, 6.07) is 0. The SMILES string of the molecule is CCC1(OC(=O)N2CCCC2=O)CCCC1. The van der Waals surface area contributed by atoms with Crippen LogP contribution in [0.25, 0.3) is 0 Å². The molecular weight excluding hydrogens is 206 g/mol. The van der Waals surface area contributed by atoms with Crippen LogP contribution in [-0.2, 0) is 9.53 Å². The summed E-state index contributed by atoms with van der Waals surface area (Å²) >= 11 is 0. The molecule has 2 fully saturated rings. The molecule has 0 spiro atoms. The van der Waals surface area contributed by atoms with Crippen molar-refractivity contribution in [2.24, 2.45) is 0 Å². The summed E-state index contributed by atoms with van der Waals surface area (Å²) in [5.41, 5.74) is -0.292. The summed E-state index contributed by atoms with van der Waals surface area (Å²) in [4.78, 5) is 24.5. The molecule has 2 aliphatic rings. The number of nitrogens with zero attached hydrogens (tertiary/aromatic N) is 1. The van der Waals surface area contributed by atoms with E-state index in [4.69, 9.17) is 4.74 Å². The third kappa shape index (κ3) is 2.06. The number of hydrogen-bond acceptors (Lipinski definition) is 3. The van der Waals surface area contributed by atoms with Crippen molar-refractivity contribution in [2.45, 2.75) is 57.5 Å². The maximum absolute atomic E-state index is 11.9. The molecule has 1 saturated heterocycles. The van der Waals surface area contributed by atoms with Crippen LogP contribution in [0, 0.1) is 0 Å². The molecule has 0 atom stereocenters. The van der Waals surface area contributed by atoms with Gasteiger partial charge in [-0.3, -0.25) is 4.79 Å². The predicted octanol–water partition coefficient (Wildman–Crippen LogP) is 2.47.